The summed E-state index contributed by atoms with van der Waals surface area (Å²) in [5.74, 6) is 0.676. The highest BCUT2D eigenvalue weighted by atomic mass is 35.5. The van der Waals surface area contributed by atoms with Gasteiger partial charge in [-0.2, -0.15) is 0 Å². The van der Waals surface area contributed by atoms with Gasteiger partial charge in [0.25, 0.3) is 5.69 Å². The second-order valence-electron chi connectivity index (χ2n) is 4.94. The number of nitro groups is 1. The molecule has 0 saturated heterocycles. The van der Waals surface area contributed by atoms with Crippen molar-refractivity contribution < 1.29 is 4.92 Å². The largest absolute Gasteiger partial charge is 0.383 e. The van der Waals surface area contributed by atoms with Gasteiger partial charge < -0.3 is 5.32 Å². The van der Waals surface area contributed by atoms with Crippen molar-refractivity contribution in [1.29, 1.82) is 0 Å². The number of hydrogen-bond donors (Lipinski definition) is 1. The molecule has 0 fully saturated rings. The molecule has 0 spiro atoms. The van der Waals surface area contributed by atoms with Gasteiger partial charge in [0.15, 0.2) is 0 Å². The van der Waals surface area contributed by atoms with Crippen molar-refractivity contribution in [1.82, 2.24) is 0 Å². The number of nitro benzene ring substituents is 1. The van der Waals surface area contributed by atoms with Gasteiger partial charge in [-0.1, -0.05) is 25.4 Å². The van der Waals surface area contributed by atoms with Gasteiger partial charge in [-0.05, 0) is 37.8 Å². The van der Waals surface area contributed by atoms with Crippen LogP contribution in [0, 0.1) is 16.0 Å². The third-order valence-electron chi connectivity index (χ3n) is 2.73. The summed E-state index contributed by atoms with van der Waals surface area (Å²) in [4.78, 5) is 10.2. The summed E-state index contributed by atoms with van der Waals surface area (Å²) >= 11 is 5.85. The summed E-state index contributed by atoms with van der Waals surface area (Å²) in [7, 11) is 0. The lowest BCUT2D eigenvalue weighted by atomic mass is 10.0. The van der Waals surface area contributed by atoms with E-state index in [9.17, 15) is 10.1 Å². The average molecular weight is 271 g/mol. The number of benzene rings is 1. The van der Waals surface area contributed by atoms with E-state index in [0.717, 1.165) is 18.5 Å². The first-order valence-electron chi connectivity index (χ1n) is 6.10. The van der Waals surface area contributed by atoms with Crippen molar-refractivity contribution >= 4 is 23.0 Å². The third kappa shape index (κ3) is 4.53. The molecule has 18 heavy (non-hydrogen) atoms. The van der Waals surface area contributed by atoms with Crippen LogP contribution >= 0.6 is 11.6 Å². The minimum absolute atomic E-state index is 0.0583. The summed E-state index contributed by atoms with van der Waals surface area (Å²) in [5.41, 5.74) is 0.763. The van der Waals surface area contributed by atoms with Gasteiger partial charge in [0.2, 0.25) is 0 Å². The van der Waals surface area contributed by atoms with E-state index >= 15 is 0 Å². The van der Waals surface area contributed by atoms with Gasteiger partial charge in [-0.15, -0.1) is 0 Å². The fourth-order valence-corrected chi connectivity index (χ4v) is 1.93. The van der Waals surface area contributed by atoms with Crippen LogP contribution in [0.2, 0.25) is 5.02 Å². The first-order valence-corrected chi connectivity index (χ1v) is 6.48. The summed E-state index contributed by atoms with van der Waals surface area (Å²) < 4.78 is 0. The van der Waals surface area contributed by atoms with Crippen LogP contribution in [0.3, 0.4) is 0 Å². The Balaban J connectivity index is 2.63. The number of rotatable bonds is 6. The van der Waals surface area contributed by atoms with Crippen LogP contribution in [-0.2, 0) is 0 Å². The molecule has 1 atom stereocenters. The molecule has 0 aliphatic rings. The monoisotopic (exact) mass is 270 g/mol. The predicted molar refractivity (Wildman–Crippen MR) is 75.3 cm³/mol. The maximum atomic E-state index is 10.6. The van der Waals surface area contributed by atoms with Crippen LogP contribution in [0.15, 0.2) is 18.2 Å². The Bertz CT molecular complexity index is 421. The Labute approximate surface area is 112 Å². The molecule has 1 rings (SSSR count). The van der Waals surface area contributed by atoms with E-state index in [1.165, 1.54) is 6.07 Å². The van der Waals surface area contributed by atoms with Crippen molar-refractivity contribution in [3.8, 4) is 0 Å². The van der Waals surface area contributed by atoms with Crippen LogP contribution in [-0.4, -0.2) is 11.0 Å². The normalized spacial score (nSPS) is 12.5. The van der Waals surface area contributed by atoms with Crippen molar-refractivity contribution in [2.75, 3.05) is 5.32 Å². The number of halogens is 1. The van der Waals surface area contributed by atoms with E-state index in [0.29, 0.717) is 12.0 Å². The minimum atomic E-state index is -0.478. The zero-order chi connectivity index (χ0) is 13.7. The second kappa shape index (κ2) is 6.59. The number of nitrogens with one attached hydrogen (secondary N) is 1. The van der Waals surface area contributed by atoms with Crippen LogP contribution in [0.5, 0.6) is 0 Å². The summed E-state index contributed by atoms with van der Waals surface area (Å²) in [6.45, 7) is 6.47. The fourth-order valence-electron chi connectivity index (χ4n) is 1.68. The molecule has 1 aromatic carbocycles. The lowest BCUT2D eigenvalue weighted by Gasteiger charge is -2.16. The molecule has 0 saturated carbocycles. The van der Waals surface area contributed by atoms with E-state index in [-0.39, 0.29) is 10.7 Å². The summed E-state index contributed by atoms with van der Waals surface area (Å²) in [6, 6.07) is 5.05. The highest BCUT2D eigenvalue weighted by molar-refractivity contribution is 6.32. The second-order valence-corrected chi connectivity index (χ2v) is 5.35. The van der Waals surface area contributed by atoms with Gasteiger partial charge in [0.05, 0.1) is 4.92 Å². The number of anilines is 1. The van der Waals surface area contributed by atoms with Crippen molar-refractivity contribution in [3.05, 3.63) is 33.3 Å². The Morgan fingerprint density at radius 3 is 2.50 bits per heavy atom. The van der Waals surface area contributed by atoms with E-state index in [1.807, 2.05) is 0 Å². The smallest absolute Gasteiger partial charge is 0.288 e. The SMILES string of the molecule is CC(C)CCC(C)Nc1ccc([N+](=O)[O-])c(Cl)c1. The van der Waals surface area contributed by atoms with Gasteiger partial charge >= 0.3 is 0 Å². The van der Waals surface area contributed by atoms with E-state index in [2.05, 4.69) is 26.1 Å². The molecule has 0 heterocycles. The first-order chi connectivity index (χ1) is 8.40. The highest BCUT2D eigenvalue weighted by Crippen LogP contribution is 2.27. The Morgan fingerprint density at radius 1 is 1.33 bits per heavy atom. The molecule has 5 heteroatoms. The molecule has 0 aromatic heterocycles. The molecular formula is C13H19ClN2O2. The Morgan fingerprint density at radius 2 is 2.00 bits per heavy atom. The van der Waals surface area contributed by atoms with E-state index in [1.54, 1.807) is 12.1 Å². The quantitative estimate of drug-likeness (QED) is 0.612. The summed E-state index contributed by atoms with van der Waals surface area (Å²) in [6.07, 6.45) is 2.21. The van der Waals surface area contributed by atoms with Gasteiger partial charge in [-0.25, -0.2) is 0 Å². The van der Waals surface area contributed by atoms with Crippen LogP contribution in [0.25, 0.3) is 0 Å². The van der Waals surface area contributed by atoms with Crippen molar-refractivity contribution in [2.45, 2.75) is 39.7 Å². The first kappa shape index (κ1) is 14.8. The Kier molecular flexibility index (Phi) is 5.41. The van der Waals surface area contributed by atoms with E-state index in [4.69, 9.17) is 11.6 Å². The van der Waals surface area contributed by atoms with Crippen molar-refractivity contribution in [2.24, 2.45) is 5.92 Å². The molecular weight excluding hydrogens is 252 g/mol. The molecule has 1 aromatic rings. The lowest BCUT2D eigenvalue weighted by Crippen LogP contribution is -2.15. The van der Waals surface area contributed by atoms with Crippen molar-refractivity contribution in [3.63, 3.8) is 0 Å². The zero-order valence-corrected chi connectivity index (χ0v) is 11.7. The van der Waals surface area contributed by atoms with Gasteiger partial charge in [-0.3, -0.25) is 10.1 Å². The molecule has 0 aliphatic carbocycles. The standard InChI is InChI=1S/C13H19ClN2O2/c1-9(2)4-5-10(3)15-11-6-7-13(16(17)18)12(14)8-11/h6-10,15H,4-5H2,1-3H3. The number of hydrogen-bond acceptors (Lipinski definition) is 3. The number of nitrogens with zero attached hydrogens (tertiary/aromatic N) is 1. The van der Waals surface area contributed by atoms with Gasteiger partial charge in [0.1, 0.15) is 5.02 Å². The van der Waals surface area contributed by atoms with Crippen LogP contribution in [0.1, 0.15) is 33.6 Å². The zero-order valence-electron chi connectivity index (χ0n) is 10.9. The third-order valence-corrected chi connectivity index (χ3v) is 3.04. The van der Waals surface area contributed by atoms with Gasteiger partial charge in [0, 0.05) is 17.8 Å². The van der Waals surface area contributed by atoms with Crippen LogP contribution < -0.4 is 5.32 Å². The molecule has 0 aliphatic heterocycles. The molecule has 1 N–H and O–H groups in total. The Hall–Kier alpha value is -1.29. The van der Waals surface area contributed by atoms with Crippen LogP contribution in [0.4, 0.5) is 11.4 Å². The predicted octanol–water partition coefficient (Wildman–Crippen LogP) is 4.48. The maximum Gasteiger partial charge on any atom is 0.288 e. The van der Waals surface area contributed by atoms with E-state index < -0.39 is 4.92 Å². The molecule has 0 amide bonds. The average Bonchev–Trinajstić information content (AvgIpc) is 2.26. The lowest BCUT2D eigenvalue weighted by molar-refractivity contribution is -0.384. The topological polar surface area (TPSA) is 55.2 Å². The highest BCUT2D eigenvalue weighted by Gasteiger charge is 2.12. The maximum absolute atomic E-state index is 10.6. The molecule has 100 valence electrons. The molecule has 4 nitrogen and oxygen atoms in total. The fraction of sp³-hybridized carbons (Fsp3) is 0.538. The molecule has 0 bridgehead atoms. The molecule has 0 radical (unpaired) electrons. The molecule has 1 unspecified atom stereocenters. The minimum Gasteiger partial charge on any atom is -0.383 e. The summed E-state index contributed by atoms with van der Waals surface area (Å²) in [5, 5.41) is 14.1.